The normalized spacial score (nSPS) is 16.9. The van der Waals surface area contributed by atoms with Gasteiger partial charge < -0.3 is 14.7 Å². The van der Waals surface area contributed by atoms with Gasteiger partial charge in [0.1, 0.15) is 11.6 Å². The largest absolute Gasteiger partial charge is 0.484 e. The van der Waals surface area contributed by atoms with E-state index in [0.29, 0.717) is 5.75 Å². The van der Waals surface area contributed by atoms with E-state index in [-0.39, 0.29) is 18.1 Å². The molecule has 1 aromatic rings. The molecule has 1 atom stereocenters. The predicted octanol–water partition coefficient (Wildman–Crippen LogP) is 2.27. The fraction of sp³-hybridized carbons (Fsp3) is 0.533. The van der Waals surface area contributed by atoms with E-state index >= 15 is 0 Å². The molecule has 0 saturated carbocycles. The lowest BCUT2D eigenvalue weighted by molar-refractivity contribution is -0.134. The van der Waals surface area contributed by atoms with Crippen molar-refractivity contribution in [2.45, 2.75) is 32.3 Å². The molecule has 110 valence electrons. The summed E-state index contributed by atoms with van der Waals surface area (Å²) in [6.07, 6.45) is 2.36. The van der Waals surface area contributed by atoms with Crippen molar-refractivity contribution in [2.75, 3.05) is 19.7 Å². The van der Waals surface area contributed by atoms with Crippen LogP contribution in [0.5, 0.6) is 5.75 Å². The highest BCUT2D eigenvalue weighted by Crippen LogP contribution is 2.21. The van der Waals surface area contributed by atoms with Crippen LogP contribution in [0.3, 0.4) is 0 Å². The maximum absolute atomic E-state index is 13.6. The first-order valence-electron chi connectivity index (χ1n) is 6.96. The molecule has 1 heterocycles. The first kappa shape index (κ1) is 14.8. The van der Waals surface area contributed by atoms with Crippen LogP contribution in [0, 0.1) is 5.82 Å². The van der Waals surface area contributed by atoms with Crippen LogP contribution in [-0.4, -0.2) is 35.6 Å². The molecule has 1 aliphatic rings. The fourth-order valence-corrected chi connectivity index (χ4v) is 2.32. The molecule has 0 spiro atoms. The number of aliphatic hydroxyl groups excluding tert-OH is 1. The molecule has 0 radical (unpaired) electrons. The minimum Gasteiger partial charge on any atom is -0.484 e. The first-order valence-corrected chi connectivity index (χ1v) is 6.96. The van der Waals surface area contributed by atoms with E-state index in [4.69, 9.17) is 4.74 Å². The summed E-state index contributed by atoms with van der Waals surface area (Å²) in [6, 6.07) is 4.24. The zero-order valence-corrected chi connectivity index (χ0v) is 11.6. The topological polar surface area (TPSA) is 49.8 Å². The Labute approximate surface area is 118 Å². The number of rotatable bonds is 4. The van der Waals surface area contributed by atoms with Gasteiger partial charge >= 0.3 is 0 Å². The SMILES string of the molecule is CC(O)c1ccc(OCC(=O)N2CCCCC2)cc1F. The number of carbonyl (C=O) groups excluding carboxylic acids is 1. The Morgan fingerprint density at radius 3 is 2.70 bits per heavy atom. The van der Waals surface area contributed by atoms with Crippen LogP contribution < -0.4 is 4.74 Å². The smallest absolute Gasteiger partial charge is 0.260 e. The van der Waals surface area contributed by atoms with Crippen LogP contribution in [0.1, 0.15) is 37.9 Å². The number of carbonyl (C=O) groups is 1. The highest BCUT2D eigenvalue weighted by molar-refractivity contribution is 5.77. The number of ether oxygens (including phenoxy) is 1. The van der Waals surface area contributed by atoms with E-state index in [0.717, 1.165) is 32.4 Å². The van der Waals surface area contributed by atoms with Gasteiger partial charge in [-0.25, -0.2) is 4.39 Å². The summed E-state index contributed by atoms with van der Waals surface area (Å²) < 4.78 is 19.0. The zero-order chi connectivity index (χ0) is 14.5. The molecule has 1 unspecified atom stereocenters. The molecule has 5 heteroatoms. The third kappa shape index (κ3) is 3.70. The number of piperidine rings is 1. The van der Waals surface area contributed by atoms with E-state index in [1.54, 1.807) is 11.0 Å². The maximum atomic E-state index is 13.6. The Bertz CT molecular complexity index is 470. The Balaban J connectivity index is 1.90. The van der Waals surface area contributed by atoms with Crippen LogP contribution in [0.25, 0.3) is 0 Å². The molecule has 1 amide bonds. The number of halogens is 1. The fourth-order valence-electron chi connectivity index (χ4n) is 2.32. The Morgan fingerprint density at radius 1 is 1.40 bits per heavy atom. The predicted molar refractivity (Wildman–Crippen MR) is 73.0 cm³/mol. The summed E-state index contributed by atoms with van der Waals surface area (Å²) in [6.45, 7) is 2.97. The van der Waals surface area contributed by atoms with Gasteiger partial charge in [-0.1, -0.05) is 0 Å². The van der Waals surface area contributed by atoms with Crippen molar-refractivity contribution in [2.24, 2.45) is 0 Å². The Hall–Kier alpha value is -1.62. The van der Waals surface area contributed by atoms with Gasteiger partial charge in [0.15, 0.2) is 6.61 Å². The summed E-state index contributed by atoms with van der Waals surface area (Å²) in [4.78, 5) is 13.7. The summed E-state index contributed by atoms with van der Waals surface area (Å²) in [5.41, 5.74) is 0.222. The van der Waals surface area contributed by atoms with Crippen LogP contribution in [0.2, 0.25) is 0 Å². The average molecular weight is 281 g/mol. The van der Waals surface area contributed by atoms with Gasteiger partial charge in [-0.15, -0.1) is 0 Å². The van der Waals surface area contributed by atoms with Gasteiger partial charge in [0.05, 0.1) is 6.10 Å². The van der Waals surface area contributed by atoms with E-state index < -0.39 is 11.9 Å². The Morgan fingerprint density at radius 2 is 2.10 bits per heavy atom. The second kappa shape index (κ2) is 6.70. The number of nitrogens with zero attached hydrogens (tertiary/aromatic N) is 1. The first-order chi connectivity index (χ1) is 9.58. The number of benzene rings is 1. The van der Waals surface area contributed by atoms with Gasteiger partial charge in [0.25, 0.3) is 5.91 Å². The molecular weight excluding hydrogens is 261 g/mol. The molecule has 0 bridgehead atoms. The lowest BCUT2D eigenvalue weighted by atomic mass is 10.1. The number of aliphatic hydroxyl groups is 1. The van der Waals surface area contributed by atoms with Gasteiger partial charge in [-0.05, 0) is 38.3 Å². The van der Waals surface area contributed by atoms with Gasteiger partial charge in [-0.3, -0.25) is 4.79 Å². The molecule has 1 aliphatic heterocycles. The molecule has 1 N–H and O–H groups in total. The zero-order valence-electron chi connectivity index (χ0n) is 11.6. The minimum atomic E-state index is -0.862. The van der Waals surface area contributed by atoms with Crippen LogP contribution in [0.4, 0.5) is 4.39 Å². The van der Waals surface area contributed by atoms with Crippen molar-refractivity contribution >= 4 is 5.91 Å². The van der Waals surface area contributed by atoms with Crippen molar-refractivity contribution in [3.05, 3.63) is 29.6 Å². The summed E-state index contributed by atoms with van der Waals surface area (Å²) in [7, 11) is 0. The molecule has 0 aromatic heterocycles. The highest BCUT2D eigenvalue weighted by atomic mass is 19.1. The molecule has 2 rings (SSSR count). The third-order valence-electron chi connectivity index (χ3n) is 3.49. The van der Waals surface area contributed by atoms with Crippen molar-refractivity contribution in [1.29, 1.82) is 0 Å². The van der Waals surface area contributed by atoms with Crippen LogP contribution >= 0.6 is 0 Å². The van der Waals surface area contributed by atoms with Crippen molar-refractivity contribution in [3.63, 3.8) is 0 Å². The lowest BCUT2D eigenvalue weighted by Crippen LogP contribution is -2.38. The standard InChI is InChI=1S/C15H20FNO3/c1-11(18)13-6-5-12(9-14(13)16)20-10-15(19)17-7-3-2-4-8-17/h5-6,9,11,18H,2-4,7-8,10H2,1H3. The average Bonchev–Trinajstić information content (AvgIpc) is 2.45. The van der Waals surface area contributed by atoms with E-state index in [1.807, 2.05) is 0 Å². The molecule has 1 saturated heterocycles. The third-order valence-corrected chi connectivity index (χ3v) is 3.49. The molecule has 0 aliphatic carbocycles. The quantitative estimate of drug-likeness (QED) is 0.921. The van der Waals surface area contributed by atoms with E-state index in [1.165, 1.54) is 19.1 Å². The van der Waals surface area contributed by atoms with Crippen LogP contribution in [-0.2, 0) is 4.79 Å². The number of hydrogen-bond acceptors (Lipinski definition) is 3. The summed E-state index contributed by atoms with van der Waals surface area (Å²) in [5.74, 6) is -0.287. The lowest BCUT2D eigenvalue weighted by Gasteiger charge is -2.26. The minimum absolute atomic E-state index is 0.0651. The molecular formula is C15H20FNO3. The molecule has 20 heavy (non-hydrogen) atoms. The summed E-state index contributed by atoms with van der Waals surface area (Å²) in [5, 5.41) is 9.34. The van der Waals surface area contributed by atoms with Crippen molar-refractivity contribution in [3.8, 4) is 5.75 Å². The number of amides is 1. The van der Waals surface area contributed by atoms with Gasteiger partial charge in [0, 0.05) is 24.7 Å². The molecule has 1 aromatic carbocycles. The van der Waals surface area contributed by atoms with E-state index in [2.05, 4.69) is 0 Å². The second-order valence-electron chi connectivity index (χ2n) is 5.09. The van der Waals surface area contributed by atoms with E-state index in [9.17, 15) is 14.3 Å². The number of hydrogen-bond donors (Lipinski definition) is 1. The molecule has 4 nitrogen and oxygen atoms in total. The van der Waals surface area contributed by atoms with Gasteiger partial charge in [0.2, 0.25) is 0 Å². The maximum Gasteiger partial charge on any atom is 0.260 e. The second-order valence-corrected chi connectivity index (χ2v) is 5.09. The monoisotopic (exact) mass is 281 g/mol. The van der Waals surface area contributed by atoms with Crippen molar-refractivity contribution < 1.29 is 19.0 Å². The Kier molecular flexibility index (Phi) is 4.95. The number of likely N-dealkylation sites (tertiary alicyclic amines) is 1. The van der Waals surface area contributed by atoms with Gasteiger partial charge in [-0.2, -0.15) is 0 Å². The van der Waals surface area contributed by atoms with Crippen molar-refractivity contribution in [1.82, 2.24) is 4.90 Å². The van der Waals surface area contributed by atoms with Crippen LogP contribution in [0.15, 0.2) is 18.2 Å². The molecule has 1 fully saturated rings. The highest BCUT2D eigenvalue weighted by Gasteiger charge is 2.17. The summed E-state index contributed by atoms with van der Waals surface area (Å²) >= 11 is 0.